The minimum Gasteiger partial charge on any atom is -0.497 e. The Morgan fingerprint density at radius 2 is 1.86 bits per heavy atom. The van der Waals surface area contributed by atoms with Gasteiger partial charge in [0, 0.05) is 6.08 Å². The highest BCUT2D eigenvalue weighted by atomic mass is 16.5. The van der Waals surface area contributed by atoms with E-state index in [9.17, 15) is 4.79 Å². The van der Waals surface area contributed by atoms with Crippen LogP contribution < -0.4 is 4.74 Å². The molecule has 1 saturated carbocycles. The predicted molar refractivity (Wildman–Crippen MR) is 84.3 cm³/mol. The van der Waals surface area contributed by atoms with Gasteiger partial charge in [0.1, 0.15) is 5.75 Å². The number of rotatable bonds is 5. The molecule has 0 spiro atoms. The highest BCUT2D eigenvalue weighted by Crippen LogP contribution is 2.35. The van der Waals surface area contributed by atoms with Crippen LogP contribution in [0.3, 0.4) is 0 Å². The third kappa shape index (κ3) is 4.48. The molecular formula is C18H22O3. The van der Waals surface area contributed by atoms with Crippen LogP contribution in [-0.2, 0) is 4.79 Å². The molecule has 0 radical (unpaired) electrons. The Morgan fingerprint density at radius 3 is 2.43 bits per heavy atom. The Labute approximate surface area is 125 Å². The van der Waals surface area contributed by atoms with Gasteiger partial charge in [-0.25, -0.2) is 4.79 Å². The average molecular weight is 286 g/mol. The summed E-state index contributed by atoms with van der Waals surface area (Å²) in [6.07, 6.45) is 10.9. The number of hydrogen-bond acceptors (Lipinski definition) is 2. The van der Waals surface area contributed by atoms with E-state index in [2.05, 4.69) is 0 Å². The van der Waals surface area contributed by atoms with Gasteiger partial charge in [0.15, 0.2) is 0 Å². The highest BCUT2D eigenvalue weighted by Gasteiger charge is 2.18. The van der Waals surface area contributed by atoms with Crippen molar-refractivity contribution in [3.8, 4) is 5.75 Å². The molecule has 3 heteroatoms. The summed E-state index contributed by atoms with van der Waals surface area (Å²) in [5, 5.41) is 8.74. The molecule has 0 bridgehead atoms. The Kier molecular flexibility index (Phi) is 5.61. The Bertz CT molecular complexity index is 520. The maximum Gasteiger partial charge on any atom is 0.328 e. The molecule has 0 atom stereocenters. The molecule has 0 heterocycles. The van der Waals surface area contributed by atoms with Gasteiger partial charge in [-0.3, -0.25) is 0 Å². The number of methoxy groups -OCH3 is 1. The first kappa shape index (κ1) is 15.4. The summed E-state index contributed by atoms with van der Waals surface area (Å²) in [4.78, 5) is 10.6. The highest BCUT2D eigenvalue weighted by molar-refractivity contribution is 5.81. The van der Waals surface area contributed by atoms with Gasteiger partial charge >= 0.3 is 5.97 Å². The molecule has 2 rings (SSSR count). The van der Waals surface area contributed by atoms with Crippen LogP contribution in [0.2, 0.25) is 0 Å². The lowest BCUT2D eigenvalue weighted by molar-refractivity contribution is -0.131. The lowest BCUT2D eigenvalue weighted by Gasteiger charge is -2.24. The van der Waals surface area contributed by atoms with Gasteiger partial charge in [-0.2, -0.15) is 0 Å². The van der Waals surface area contributed by atoms with Crippen molar-refractivity contribution in [2.24, 2.45) is 5.92 Å². The maximum atomic E-state index is 10.6. The first-order chi connectivity index (χ1) is 10.2. The number of hydrogen-bond donors (Lipinski definition) is 1. The SMILES string of the molecule is COc1ccc(/C(=C/C=C/C(=O)O)C2CCCCC2)cc1. The van der Waals surface area contributed by atoms with Crippen molar-refractivity contribution >= 4 is 11.5 Å². The zero-order valence-corrected chi connectivity index (χ0v) is 12.4. The van der Waals surface area contributed by atoms with Gasteiger partial charge in [0.2, 0.25) is 0 Å². The molecule has 1 aliphatic rings. The molecule has 0 unspecified atom stereocenters. The normalized spacial score (nSPS) is 17.1. The quantitative estimate of drug-likeness (QED) is 0.648. The fourth-order valence-corrected chi connectivity index (χ4v) is 2.90. The number of carboxylic acid groups (broad SMARTS) is 1. The number of benzene rings is 1. The summed E-state index contributed by atoms with van der Waals surface area (Å²) >= 11 is 0. The average Bonchev–Trinajstić information content (AvgIpc) is 2.52. The van der Waals surface area contributed by atoms with Crippen LogP contribution in [0.1, 0.15) is 37.7 Å². The minimum absolute atomic E-state index is 0.519. The predicted octanol–water partition coefficient (Wildman–Crippen LogP) is 4.30. The summed E-state index contributed by atoms with van der Waals surface area (Å²) in [6, 6.07) is 8.00. The molecule has 1 N–H and O–H groups in total. The number of carbonyl (C=O) groups is 1. The summed E-state index contributed by atoms with van der Waals surface area (Å²) in [5.74, 6) is 0.442. The lowest BCUT2D eigenvalue weighted by atomic mass is 9.81. The Hall–Kier alpha value is -2.03. The van der Waals surface area contributed by atoms with E-state index in [1.165, 1.54) is 43.8 Å². The van der Waals surface area contributed by atoms with Crippen molar-refractivity contribution in [3.05, 3.63) is 48.1 Å². The van der Waals surface area contributed by atoms with Gasteiger partial charge in [-0.05, 0) is 42.0 Å². The molecule has 0 aliphatic heterocycles. The Balaban J connectivity index is 2.26. The Morgan fingerprint density at radius 1 is 1.19 bits per heavy atom. The summed E-state index contributed by atoms with van der Waals surface area (Å²) in [7, 11) is 1.66. The molecule has 1 aromatic carbocycles. The standard InChI is InChI=1S/C18H22O3/c1-21-16-12-10-15(11-13-16)17(8-5-9-18(19)20)14-6-3-2-4-7-14/h5,8-14H,2-4,6-7H2,1H3,(H,19,20)/b9-5+,17-8+. The number of allylic oxidation sites excluding steroid dienone is 3. The van der Waals surface area contributed by atoms with E-state index in [0.717, 1.165) is 11.3 Å². The number of aliphatic carboxylic acids is 1. The monoisotopic (exact) mass is 286 g/mol. The zero-order chi connectivity index (χ0) is 15.1. The summed E-state index contributed by atoms with van der Waals surface area (Å²) in [6.45, 7) is 0. The van der Waals surface area contributed by atoms with Crippen molar-refractivity contribution in [2.45, 2.75) is 32.1 Å². The lowest BCUT2D eigenvalue weighted by Crippen LogP contribution is -2.08. The van der Waals surface area contributed by atoms with Crippen molar-refractivity contribution in [1.82, 2.24) is 0 Å². The number of ether oxygens (including phenoxy) is 1. The van der Waals surface area contributed by atoms with Gasteiger partial charge in [-0.1, -0.05) is 43.5 Å². The van der Waals surface area contributed by atoms with E-state index in [1.807, 2.05) is 30.3 Å². The molecule has 0 saturated heterocycles. The van der Waals surface area contributed by atoms with E-state index < -0.39 is 5.97 Å². The smallest absolute Gasteiger partial charge is 0.328 e. The first-order valence-corrected chi connectivity index (χ1v) is 7.46. The molecule has 1 aromatic rings. The van der Waals surface area contributed by atoms with Gasteiger partial charge in [0.25, 0.3) is 0 Å². The van der Waals surface area contributed by atoms with Crippen LogP contribution in [0.4, 0.5) is 0 Å². The molecular weight excluding hydrogens is 264 g/mol. The van der Waals surface area contributed by atoms with Crippen molar-refractivity contribution in [3.63, 3.8) is 0 Å². The molecule has 3 nitrogen and oxygen atoms in total. The second-order valence-electron chi connectivity index (χ2n) is 5.38. The van der Waals surface area contributed by atoms with E-state index in [-0.39, 0.29) is 0 Å². The van der Waals surface area contributed by atoms with Crippen LogP contribution in [0, 0.1) is 5.92 Å². The van der Waals surface area contributed by atoms with E-state index >= 15 is 0 Å². The fraction of sp³-hybridized carbons (Fsp3) is 0.389. The topological polar surface area (TPSA) is 46.5 Å². The zero-order valence-electron chi connectivity index (χ0n) is 12.4. The largest absolute Gasteiger partial charge is 0.497 e. The van der Waals surface area contributed by atoms with E-state index in [0.29, 0.717) is 5.92 Å². The van der Waals surface area contributed by atoms with E-state index in [4.69, 9.17) is 9.84 Å². The number of carboxylic acids is 1. The molecule has 112 valence electrons. The minimum atomic E-state index is -0.913. The molecule has 21 heavy (non-hydrogen) atoms. The van der Waals surface area contributed by atoms with Crippen LogP contribution >= 0.6 is 0 Å². The molecule has 1 fully saturated rings. The van der Waals surface area contributed by atoms with Crippen LogP contribution in [0.25, 0.3) is 5.57 Å². The second-order valence-corrected chi connectivity index (χ2v) is 5.38. The van der Waals surface area contributed by atoms with Gasteiger partial charge in [-0.15, -0.1) is 0 Å². The summed E-state index contributed by atoms with van der Waals surface area (Å²) in [5.41, 5.74) is 2.38. The van der Waals surface area contributed by atoms with Crippen LogP contribution in [0.15, 0.2) is 42.5 Å². The van der Waals surface area contributed by atoms with Crippen molar-refractivity contribution < 1.29 is 14.6 Å². The van der Waals surface area contributed by atoms with Crippen LogP contribution in [0.5, 0.6) is 5.75 Å². The van der Waals surface area contributed by atoms with E-state index in [1.54, 1.807) is 13.2 Å². The first-order valence-electron chi connectivity index (χ1n) is 7.46. The third-order valence-corrected chi connectivity index (χ3v) is 3.98. The molecule has 0 amide bonds. The van der Waals surface area contributed by atoms with Crippen molar-refractivity contribution in [2.75, 3.05) is 7.11 Å². The maximum absolute atomic E-state index is 10.6. The van der Waals surface area contributed by atoms with Crippen LogP contribution in [-0.4, -0.2) is 18.2 Å². The fourth-order valence-electron chi connectivity index (χ4n) is 2.90. The molecule has 1 aliphatic carbocycles. The van der Waals surface area contributed by atoms with Gasteiger partial charge in [0.05, 0.1) is 7.11 Å². The third-order valence-electron chi connectivity index (χ3n) is 3.98. The van der Waals surface area contributed by atoms with Crippen molar-refractivity contribution in [1.29, 1.82) is 0 Å². The molecule has 0 aromatic heterocycles. The summed E-state index contributed by atoms with van der Waals surface area (Å²) < 4.78 is 5.20. The van der Waals surface area contributed by atoms with Gasteiger partial charge < -0.3 is 9.84 Å². The second kappa shape index (κ2) is 7.67.